The number of benzene rings is 1. The van der Waals surface area contributed by atoms with Crippen molar-refractivity contribution in [2.45, 2.75) is 51.1 Å². The van der Waals surface area contributed by atoms with E-state index in [1.807, 2.05) is 0 Å². The van der Waals surface area contributed by atoms with E-state index in [0.717, 1.165) is 6.42 Å². The van der Waals surface area contributed by atoms with Gasteiger partial charge in [0.15, 0.2) is 0 Å². The van der Waals surface area contributed by atoms with Crippen molar-refractivity contribution >= 4 is 0 Å². The maximum Gasteiger partial charge on any atom is 0.0584 e. The standard InChI is InChI=1S/C15H23NO/c1-2-13(11-17)16-15-10-6-4-8-12-7-3-5-9-14(12)15/h3,5,7,9,13,15-17H,2,4,6,8,10-11H2,1H3/t13-,15?/m1/s1. The molecule has 2 rings (SSSR count). The van der Waals surface area contributed by atoms with Crippen LogP contribution in [0.5, 0.6) is 0 Å². The van der Waals surface area contributed by atoms with Crippen LogP contribution < -0.4 is 5.32 Å². The summed E-state index contributed by atoms with van der Waals surface area (Å²) in [6.45, 7) is 2.35. The van der Waals surface area contributed by atoms with E-state index in [0.29, 0.717) is 6.04 Å². The molecule has 17 heavy (non-hydrogen) atoms. The van der Waals surface area contributed by atoms with E-state index in [2.05, 4.69) is 36.5 Å². The van der Waals surface area contributed by atoms with E-state index in [-0.39, 0.29) is 12.6 Å². The van der Waals surface area contributed by atoms with Crippen molar-refractivity contribution in [3.05, 3.63) is 35.4 Å². The monoisotopic (exact) mass is 233 g/mol. The molecule has 94 valence electrons. The lowest BCUT2D eigenvalue weighted by Crippen LogP contribution is -2.35. The van der Waals surface area contributed by atoms with Gasteiger partial charge in [0.2, 0.25) is 0 Å². The number of rotatable bonds is 4. The Balaban J connectivity index is 2.16. The summed E-state index contributed by atoms with van der Waals surface area (Å²) in [6.07, 6.45) is 5.92. The first kappa shape index (κ1) is 12.6. The highest BCUT2D eigenvalue weighted by Gasteiger charge is 2.20. The fourth-order valence-electron chi connectivity index (χ4n) is 2.68. The Hall–Kier alpha value is -0.860. The highest BCUT2D eigenvalue weighted by molar-refractivity contribution is 5.31. The number of hydrogen-bond acceptors (Lipinski definition) is 2. The first-order valence-corrected chi connectivity index (χ1v) is 6.80. The van der Waals surface area contributed by atoms with Crippen LogP contribution in [0.3, 0.4) is 0 Å². The fourth-order valence-corrected chi connectivity index (χ4v) is 2.68. The van der Waals surface area contributed by atoms with Crippen LogP contribution in [0.4, 0.5) is 0 Å². The molecule has 0 spiro atoms. The summed E-state index contributed by atoms with van der Waals surface area (Å²) >= 11 is 0. The molecule has 0 fully saturated rings. The summed E-state index contributed by atoms with van der Waals surface area (Å²) in [4.78, 5) is 0. The van der Waals surface area contributed by atoms with Crippen molar-refractivity contribution in [2.24, 2.45) is 0 Å². The average Bonchev–Trinajstić information content (AvgIpc) is 2.58. The fraction of sp³-hybridized carbons (Fsp3) is 0.600. The second kappa shape index (κ2) is 6.18. The lowest BCUT2D eigenvalue weighted by atomic mass is 9.98. The molecule has 1 aromatic carbocycles. The van der Waals surface area contributed by atoms with Gasteiger partial charge in [0.25, 0.3) is 0 Å². The Bertz CT molecular complexity index is 347. The van der Waals surface area contributed by atoms with Gasteiger partial charge in [-0.25, -0.2) is 0 Å². The van der Waals surface area contributed by atoms with Crippen molar-refractivity contribution < 1.29 is 5.11 Å². The van der Waals surface area contributed by atoms with E-state index in [4.69, 9.17) is 0 Å². The Morgan fingerprint density at radius 2 is 2.18 bits per heavy atom. The van der Waals surface area contributed by atoms with Crippen molar-refractivity contribution in [1.29, 1.82) is 0 Å². The van der Waals surface area contributed by atoms with Crippen LogP contribution in [-0.4, -0.2) is 17.8 Å². The highest BCUT2D eigenvalue weighted by Crippen LogP contribution is 2.28. The first-order chi connectivity index (χ1) is 8.35. The van der Waals surface area contributed by atoms with Gasteiger partial charge >= 0.3 is 0 Å². The van der Waals surface area contributed by atoms with Crippen LogP contribution in [0.1, 0.15) is 49.8 Å². The molecule has 1 unspecified atom stereocenters. The molecule has 0 bridgehead atoms. The first-order valence-electron chi connectivity index (χ1n) is 6.80. The van der Waals surface area contributed by atoms with Crippen LogP contribution >= 0.6 is 0 Å². The minimum absolute atomic E-state index is 0.228. The van der Waals surface area contributed by atoms with Crippen molar-refractivity contribution in [2.75, 3.05) is 6.61 Å². The molecule has 0 aliphatic heterocycles. The number of nitrogens with one attached hydrogen (secondary N) is 1. The normalized spacial score (nSPS) is 21.6. The highest BCUT2D eigenvalue weighted by atomic mass is 16.3. The van der Waals surface area contributed by atoms with Gasteiger partial charge in [-0.2, -0.15) is 0 Å². The summed E-state index contributed by atoms with van der Waals surface area (Å²) in [5.74, 6) is 0. The quantitative estimate of drug-likeness (QED) is 0.784. The Morgan fingerprint density at radius 3 is 2.94 bits per heavy atom. The predicted octanol–water partition coefficient (Wildman–Crippen LogP) is 2.81. The molecule has 1 aromatic rings. The second-order valence-electron chi connectivity index (χ2n) is 4.95. The minimum atomic E-state index is 0.228. The topological polar surface area (TPSA) is 32.3 Å². The third-order valence-electron chi connectivity index (χ3n) is 3.77. The number of hydrogen-bond donors (Lipinski definition) is 2. The zero-order chi connectivity index (χ0) is 12.1. The van der Waals surface area contributed by atoms with Crippen LogP contribution in [0.15, 0.2) is 24.3 Å². The molecule has 1 aliphatic rings. The molecule has 0 amide bonds. The maximum absolute atomic E-state index is 9.31. The van der Waals surface area contributed by atoms with E-state index >= 15 is 0 Å². The summed E-state index contributed by atoms with van der Waals surface area (Å²) in [5, 5.41) is 12.9. The largest absolute Gasteiger partial charge is 0.395 e. The predicted molar refractivity (Wildman–Crippen MR) is 71.0 cm³/mol. The lowest BCUT2D eigenvalue weighted by molar-refractivity contribution is 0.225. The van der Waals surface area contributed by atoms with Gasteiger partial charge in [-0.3, -0.25) is 0 Å². The van der Waals surface area contributed by atoms with Gasteiger partial charge in [-0.05, 0) is 36.8 Å². The van der Waals surface area contributed by atoms with Crippen LogP contribution in [0, 0.1) is 0 Å². The molecular weight excluding hydrogens is 210 g/mol. The van der Waals surface area contributed by atoms with Crippen LogP contribution in [0.25, 0.3) is 0 Å². The number of aryl methyl sites for hydroxylation is 1. The molecule has 0 saturated carbocycles. The van der Waals surface area contributed by atoms with Crippen molar-refractivity contribution in [3.8, 4) is 0 Å². The maximum atomic E-state index is 9.31. The molecule has 0 radical (unpaired) electrons. The molecule has 2 heteroatoms. The molecule has 0 saturated heterocycles. The van der Waals surface area contributed by atoms with Gasteiger partial charge < -0.3 is 10.4 Å². The third kappa shape index (κ3) is 3.08. The molecule has 2 nitrogen and oxygen atoms in total. The SMILES string of the molecule is CC[C@H](CO)NC1CCCCc2ccccc21. The smallest absolute Gasteiger partial charge is 0.0584 e. The van der Waals surface area contributed by atoms with Crippen molar-refractivity contribution in [1.82, 2.24) is 5.32 Å². The Labute approximate surface area is 104 Å². The van der Waals surface area contributed by atoms with Gasteiger partial charge in [0.05, 0.1) is 6.61 Å². The number of aliphatic hydroxyl groups is 1. The zero-order valence-corrected chi connectivity index (χ0v) is 10.7. The average molecular weight is 233 g/mol. The van der Waals surface area contributed by atoms with E-state index < -0.39 is 0 Å². The summed E-state index contributed by atoms with van der Waals surface area (Å²) in [6, 6.07) is 9.39. The molecule has 1 aliphatic carbocycles. The van der Waals surface area contributed by atoms with Gasteiger partial charge in [0.1, 0.15) is 0 Å². The summed E-state index contributed by atoms with van der Waals surface area (Å²) in [7, 11) is 0. The molecule has 0 heterocycles. The lowest BCUT2D eigenvalue weighted by Gasteiger charge is -2.24. The molecule has 2 atom stereocenters. The van der Waals surface area contributed by atoms with Gasteiger partial charge in [-0.1, -0.05) is 37.6 Å². The Morgan fingerprint density at radius 1 is 1.35 bits per heavy atom. The molecular formula is C15H23NO. The number of aliphatic hydroxyl groups excluding tert-OH is 1. The van der Waals surface area contributed by atoms with Crippen LogP contribution in [-0.2, 0) is 6.42 Å². The Kier molecular flexibility index (Phi) is 4.57. The summed E-state index contributed by atoms with van der Waals surface area (Å²) < 4.78 is 0. The zero-order valence-electron chi connectivity index (χ0n) is 10.7. The van der Waals surface area contributed by atoms with Gasteiger partial charge in [-0.15, -0.1) is 0 Å². The molecule has 2 N–H and O–H groups in total. The third-order valence-corrected chi connectivity index (χ3v) is 3.77. The van der Waals surface area contributed by atoms with Crippen LogP contribution in [0.2, 0.25) is 0 Å². The minimum Gasteiger partial charge on any atom is -0.395 e. The van der Waals surface area contributed by atoms with E-state index in [1.54, 1.807) is 0 Å². The summed E-state index contributed by atoms with van der Waals surface area (Å²) in [5.41, 5.74) is 2.92. The van der Waals surface area contributed by atoms with Crippen molar-refractivity contribution in [3.63, 3.8) is 0 Å². The van der Waals surface area contributed by atoms with Gasteiger partial charge in [0, 0.05) is 12.1 Å². The second-order valence-corrected chi connectivity index (χ2v) is 4.95. The van der Waals surface area contributed by atoms with E-state index in [1.165, 1.54) is 36.8 Å². The van der Waals surface area contributed by atoms with E-state index in [9.17, 15) is 5.11 Å². The molecule has 0 aromatic heterocycles. The number of fused-ring (bicyclic) bond motifs is 1.